The molecule has 0 saturated carbocycles. The summed E-state index contributed by atoms with van der Waals surface area (Å²) in [7, 11) is 0. The molecular formula is C18H23BrN6O. The van der Waals surface area contributed by atoms with Gasteiger partial charge >= 0.3 is 0 Å². The molecule has 2 saturated heterocycles. The van der Waals surface area contributed by atoms with Crippen LogP contribution in [0.5, 0.6) is 0 Å². The number of ether oxygens (including phenoxy) is 1. The van der Waals surface area contributed by atoms with Gasteiger partial charge in [-0.15, -0.1) is 0 Å². The number of nitrogens with zero attached hydrogens (tertiary/aromatic N) is 5. The Kier molecular flexibility index (Phi) is 5.62. The zero-order valence-corrected chi connectivity index (χ0v) is 16.2. The van der Waals surface area contributed by atoms with Crippen molar-refractivity contribution in [3.05, 3.63) is 40.8 Å². The first-order valence-electron chi connectivity index (χ1n) is 9.00. The van der Waals surface area contributed by atoms with E-state index in [1.54, 1.807) is 0 Å². The summed E-state index contributed by atoms with van der Waals surface area (Å²) in [6.45, 7) is 6.18. The Morgan fingerprint density at radius 3 is 2.96 bits per heavy atom. The van der Waals surface area contributed by atoms with Gasteiger partial charge < -0.3 is 15.0 Å². The van der Waals surface area contributed by atoms with Gasteiger partial charge in [-0.25, -0.2) is 4.98 Å². The molecule has 2 aliphatic rings. The van der Waals surface area contributed by atoms with E-state index in [2.05, 4.69) is 47.1 Å². The van der Waals surface area contributed by atoms with Crippen LogP contribution in [0, 0.1) is 0 Å². The number of aromatic nitrogens is 3. The molecule has 2 aliphatic heterocycles. The maximum atomic E-state index is 5.40. The van der Waals surface area contributed by atoms with Crippen molar-refractivity contribution in [1.82, 2.24) is 19.9 Å². The lowest BCUT2D eigenvalue weighted by molar-refractivity contribution is 0.122. The van der Waals surface area contributed by atoms with Crippen LogP contribution in [0.1, 0.15) is 12.0 Å². The number of anilines is 2. The van der Waals surface area contributed by atoms with Crippen LogP contribution >= 0.6 is 15.9 Å². The Balaban J connectivity index is 1.33. The van der Waals surface area contributed by atoms with E-state index in [0.717, 1.165) is 68.6 Å². The topological polar surface area (TPSA) is 66.4 Å². The van der Waals surface area contributed by atoms with Crippen molar-refractivity contribution in [2.45, 2.75) is 19.0 Å². The quantitative estimate of drug-likeness (QED) is 0.797. The van der Waals surface area contributed by atoms with E-state index in [9.17, 15) is 0 Å². The lowest BCUT2D eigenvalue weighted by Crippen LogP contribution is -2.37. The minimum atomic E-state index is 0.405. The second-order valence-corrected chi connectivity index (χ2v) is 7.63. The first-order chi connectivity index (χ1) is 12.8. The Bertz CT molecular complexity index is 739. The average Bonchev–Trinajstić information content (AvgIpc) is 3.09. The predicted octanol–water partition coefficient (Wildman–Crippen LogP) is 2.16. The van der Waals surface area contributed by atoms with Crippen molar-refractivity contribution in [3.63, 3.8) is 0 Å². The van der Waals surface area contributed by atoms with Gasteiger partial charge in [-0.2, -0.15) is 4.98 Å². The summed E-state index contributed by atoms with van der Waals surface area (Å²) in [5.74, 6) is 1.69. The van der Waals surface area contributed by atoms with Crippen LogP contribution in [0.4, 0.5) is 11.8 Å². The van der Waals surface area contributed by atoms with Gasteiger partial charge in [0.05, 0.1) is 13.2 Å². The summed E-state index contributed by atoms with van der Waals surface area (Å²) in [6, 6.07) is 4.49. The van der Waals surface area contributed by atoms with E-state index in [-0.39, 0.29) is 0 Å². The van der Waals surface area contributed by atoms with Crippen molar-refractivity contribution in [2.24, 2.45) is 0 Å². The fourth-order valence-corrected chi connectivity index (χ4v) is 3.86. The molecule has 0 radical (unpaired) electrons. The third-order valence-electron chi connectivity index (χ3n) is 4.73. The molecule has 2 aromatic heterocycles. The Hall–Kier alpha value is -1.77. The highest BCUT2D eigenvalue weighted by atomic mass is 79.9. The van der Waals surface area contributed by atoms with Gasteiger partial charge in [0, 0.05) is 61.8 Å². The van der Waals surface area contributed by atoms with Crippen LogP contribution < -0.4 is 10.2 Å². The number of halogens is 1. The van der Waals surface area contributed by atoms with Crippen LogP contribution in [0.3, 0.4) is 0 Å². The van der Waals surface area contributed by atoms with Crippen LogP contribution in [-0.2, 0) is 11.3 Å². The first-order valence-corrected chi connectivity index (χ1v) is 9.79. The molecule has 0 bridgehead atoms. The van der Waals surface area contributed by atoms with Crippen molar-refractivity contribution < 1.29 is 4.74 Å². The van der Waals surface area contributed by atoms with Gasteiger partial charge in [0.15, 0.2) is 0 Å². The van der Waals surface area contributed by atoms with E-state index in [0.29, 0.717) is 6.04 Å². The minimum absolute atomic E-state index is 0.405. The van der Waals surface area contributed by atoms with Crippen LogP contribution in [0.15, 0.2) is 35.2 Å². The van der Waals surface area contributed by atoms with Crippen molar-refractivity contribution in [2.75, 3.05) is 49.6 Å². The summed E-state index contributed by atoms with van der Waals surface area (Å²) < 4.78 is 6.43. The van der Waals surface area contributed by atoms with Gasteiger partial charge in [0.1, 0.15) is 5.82 Å². The molecule has 4 rings (SSSR count). The number of morpholine rings is 1. The largest absolute Gasteiger partial charge is 0.378 e. The van der Waals surface area contributed by atoms with E-state index in [1.807, 2.05) is 24.7 Å². The maximum Gasteiger partial charge on any atom is 0.227 e. The molecular weight excluding hydrogens is 396 g/mol. The second kappa shape index (κ2) is 8.28. The molecule has 1 atom stereocenters. The number of rotatable bonds is 5. The lowest BCUT2D eigenvalue weighted by atomic mass is 10.2. The lowest BCUT2D eigenvalue weighted by Gasteiger charge is -2.27. The van der Waals surface area contributed by atoms with Crippen molar-refractivity contribution in [1.29, 1.82) is 0 Å². The summed E-state index contributed by atoms with van der Waals surface area (Å²) in [4.78, 5) is 18.0. The molecule has 8 heteroatoms. The third kappa shape index (κ3) is 4.49. The Morgan fingerprint density at radius 1 is 1.23 bits per heavy atom. The number of hydrogen-bond acceptors (Lipinski definition) is 7. The van der Waals surface area contributed by atoms with Crippen molar-refractivity contribution >= 4 is 27.7 Å². The van der Waals surface area contributed by atoms with Gasteiger partial charge in [0.25, 0.3) is 0 Å². The monoisotopic (exact) mass is 418 g/mol. The van der Waals surface area contributed by atoms with Gasteiger partial charge in [-0.05, 0) is 40.0 Å². The highest BCUT2D eigenvalue weighted by Gasteiger charge is 2.23. The summed E-state index contributed by atoms with van der Waals surface area (Å²) >= 11 is 3.49. The van der Waals surface area contributed by atoms with Gasteiger partial charge in [-0.1, -0.05) is 0 Å². The Labute approximate surface area is 161 Å². The van der Waals surface area contributed by atoms with E-state index >= 15 is 0 Å². The van der Waals surface area contributed by atoms with E-state index in [1.165, 1.54) is 5.56 Å². The standard InChI is InChI=1S/C18H23BrN6O/c19-15-9-14(10-20-11-15)12-24-4-2-16(13-24)22-17-1-3-21-18(23-17)25-5-7-26-8-6-25/h1,3,9-11,16H,2,4-8,12-13H2,(H,21,22,23). The molecule has 0 spiro atoms. The predicted molar refractivity (Wildman–Crippen MR) is 104 cm³/mol. The molecule has 0 aliphatic carbocycles. The number of hydrogen-bond donors (Lipinski definition) is 1. The smallest absolute Gasteiger partial charge is 0.227 e. The molecule has 7 nitrogen and oxygen atoms in total. The fourth-order valence-electron chi connectivity index (χ4n) is 3.45. The average molecular weight is 419 g/mol. The number of pyridine rings is 1. The molecule has 1 N–H and O–H groups in total. The molecule has 0 amide bonds. The second-order valence-electron chi connectivity index (χ2n) is 6.72. The summed E-state index contributed by atoms with van der Waals surface area (Å²) in [6.07, 6.45) is 6.70. The Morgan fingerprint density at radius 2 is 2.12 bits per heavy atom. The highest BCUT2D eigenvalue weighted by Crippen LogP contribution is 2.19. The first kappa shape index (κ1) is 17.6. The van der Waals surface area contributed by atoms with Crippen molar-refractivity contribution in [3.8, 4) is 0 Å². The number of likely N-dealkylation sites (tertiary alicyclic amines) is 1. The van der Waals surface area contributed by atoms with Crippen LogP contribution in [0.2, 0.25) is 0 Å². The van der Waals surface area contributed by atoms with Gasteiger partial charge in [-0.3, -0.25) is 9.88 Å². The van der Waals surface area contributed by atoms with E-state index in [4.69, 9.17) is 9.72 Å². The SMILES string of the molecule is Brc1cncc(CN2CCC(Nc3ccnc(N4CCOCC4)n3)C2)c1. The molecule has 2 aromatic rings. The molecule has 0 aromatic carbocycles. The molecule has 2 fully saturated rings. The molecule has 4 heterocycles. The zero-order chi connectivity index (χ0) is 17.8. The van der Waals surface area contributed by atoms with E-state index < -0.39 is 0 Å². The molecule has 138 valence electrons. The summed E-state index contributed by atoms with van der Waals surface area (Å²) in [5.41, 5.74) is 1.23. The number of nitrogens with one attached hydrogen (secondary N) is 1. The van der Waals surface area contributed by atoms with Gasteiger partial charge in [0.2, 0.25) is 5.95 Å². The maximum absolute atomic E-state index is 5.40. The zero-order valence-electron chi connectivity index (χ0n) is 14.6. The summed E-state index contributed by atoms with van der Waals surface area (Å²) in [5, 5.41) is 3.57. The fraction of sp³-hybridized carbons (Fsp3) is 0.500. The minimum Gasteiger partial charge on any atom is -0.378 e. The highest BCUT2D eigenvalue weighted by molar-refractivity contribution is 9.10. The molecule has 26 heavy (non-hydrogen) atoms. The molecule has 1 unspecified atom stereocenters. The normalized spacial score (nSPS) is 21.1. The van der Waals surface area contributed by atoms with Crippen LogP contribution in [0.25, 0.3) is 0 Å². The van der Waals surface area contributed by atoms with Crippen LogP contribution in [-0.4, -0.2) is 65.3 Å². The third-order valence-corrected chi connectivity index (χ3v) is 5.16.